The van der Waals surface area contributed by atoms with Gasteiger partial charge >= 0.3 is 10.4 Å². The van der Waals surface area contributed by atoms with Crippen LogP contribution in [0.1, 0.15) is 25.7 Å². The lowest BCUT2D eigenvalue weighted by atomic mass is 9.95. The van der Waals surface area contributed by atoms with Crippen molar-refractivity contribution in [3.05, 3.63) is 0 Å². The van der Waals surface area contributed by atoms with Crippen molar-refractivity contribution in [1.82, 2.24) is 0 Å². The summed E-state index contributed by atoms with van der Waals surface area (Å²) in [5.41, 5.74) is 0. The van der Waals surface area contributed by atoms with Gasteiger partial charge in [-0.15, -0.1) is 0 Å². The highest BCUT2D eigenvalue weighted by Gasteiger charge is 2.41. The molecule has 11 heavy (non-hydrogen) atoms. The summed E-state index contributed by atoms with van der Waals surface area (Å²) in [5, 5.41) is 0. The lowest BCUT2D eigenvalue weighted by molar-refractivity contribution is 0.110. The molecule has 0 aromatic heterocycles. The van der Waals surface area contributed by atoms with Crippen LogP contribution in [0.15, 0.2) is 0 Å². The van der Waals surface area contributed by atoms with E-state index in [-0.39, 0.29) is 12.2 Å². The van der Waals surface area contributed by atoms with Crippen LogP contribution >= 0.6 is 0 Å². The molecule has 0 aromatic carbocycles. The van der Waals surface area contributed by atoms with E-state index >= 15 is 0 Å². The van der Waals surface area contributed by atoms with Crippen LogP contribution < -0.4 is 0 Å². The molecule has 0 N–H and O–H groups in total. The Morgan fingerprint density at radius 3 is 1.91 bits per heavy atom. The van der Waals surface area contributed by atoms with Gasteiger partial charge in [-0.1, -0.05) is 12.8 Å². The largest absolute Gasteiger partial charge is 0.400 e. The first-order valence-corrected chi connectivity index (χ1v) is 5.12. The maximum Gasteiger partial charge on any atom is 0.400 e. The molecular formula is C6H10O4S. The summed E-state index contributed by atoms with van der Waals surface area (Å²) < 4.78 is 30.9. The van der Waals surface area contributed by atoms with Crippen molar-refractivity contribution in [2.24, 2.45) is 0 Å². The Morgan fingerprint density at radius 2 is 1.45 bits per heavy atom. The molecule has 2 aliphatic rings. The van der Waals surface area contributed by atoms with Gasteiger partial charge in [0.2, 0.25) is 0 Å². The predicted molar refractivity (Wildman–Crippen MR) is 37.1 cm³/mol. The zero-order chi connectivity index (χ0) is 7.90. The van der Waals surface area contributed by atoms with Crippen molar-refractivity contribution in [3.63, 3.8) is 0 Å². The Kier molecular flexibility index (Phi) is 1.66. The van der Waals surface area contributed by atoms with Gasteiger partial charge in [-0.3, -0.25) is 0 Å². The highest BCUT2D eigenvalue weighted by Crippen LogP contribution is 2.31. The van der Waals surface area contributed by atoms with Crippen LogP contribution in [0.4, 0.5) is 0 Å². The van der Waals surface area contributed by atoms with Crippen molar-refractivity contribution in [3.8, 4) is 0 Å². The number of rotatable bonds is 0. The molecule has 1 saturated heterocycles. The van der Waals surface area contributed by atoms with Crippen molar-refractivity contribution in [1.29, 1.82) is 0 Å². The maximum atomic E-state index is 10.8. The summed E-state index contributed by atoms with van der Waals surface area (Å²) in [6.45, 7) is 0. The molecule has 4 nitrogen and oxygen atoms in total. The second kappa shape index (κ2) is 2.43. The predicted octanol–water partition coefficient (Wildman–Crippen LogP) is 0.589. The Hall–Kier alpha value is -0.130. The van der Waals surface area contributed by atoms with Crippen molar-refractivity contribution in [2.75, 3.05) is 0 Å². The summed E-state index contributed by atoms with van der Waals surface area (Å²) in [6.07, 6.45) is 3.30. The molecule has 0 amide bonds. The molecule has 1 aliphatic carbocycles. The molecule has 0 aromatic rings. The molecule has 1 saturated carbocycles. The van der Waals surface area contributed by atoms with Gasteiger partial charge in [-0.2, -0.15) is 8.42 Å². The van der Waals surface area contributed by atoms with Gasteiger partial charge in [0.1, 0.15) is 12.2 Å². The van der Waals surface area contributed by atoms with Gasteiger partial charge < -0.3 is 0 Å². The second-order valence-electron chi connectivity index (χ2n) is 2.96. The van der Waals surface area contributed by atoms with E-state index in [4.69, 9.17) is 8.37 Å². The monoisotopic (exact) mass is 178 g/mol. The topological polar surface area (TPSA) is 52.6 Å². The quantitative estimate of drug-likeness (QED) is 0.544. The Bertz CT molecular complexity index is 225. The smallest absolute Gasteiger partial charge is 0.242 e. The minimum Gasteiger partial charge on any atom is -0.242 e. The number of hydrogen-bond donors (Lipinski definition) is 0. The first-order chi connectivity index (χ1) is 5.17. The maximum absolute atomic E-state index is 10.8. The second-order valence-corrected chi connectivity index (χ2v) is 4.16. The molecule has 64 valence electrons. The van der Waals surface area contributed by atoms with Gasteiger partial charge in [0.25, 0.3) is 0 Å². The number of hydrogen-bond acceptors (Lipinski definition) is 4. The van der Waals surface area contributed by atoms with E-state index in [1.807, 2.05) is 0 Å². The zero-order valence-corrected chi connectivity index (χ0v) is 6.84. The first-order valence-electron chi connectivity index (χ1n) is 3.79. The van der Waals surface area contributed by atoms with Crippen molar-refractivity contribution in [2.45, 2.75) is 37.9 Å². The van der Waals surface area contributed by atoms with Crippen LogP contribution in [0.3, 0.4) is 0 Å². The van der Waals surface area contributed by atoms with Crippen molar-refractivity contribution < 1.29 is 16.8 Å². The Morgan fingerprint density at radius 1 is 1.00 bits per heavy atom. The van der Waals surface area contributed by atoms with Crippen molar-refractivity contribution >= 4 is 10.4 Å². The summed E-state index contributed by atoms with van der Waals surface area (Å²) >= 11 is 0. The van der Waals surface area contributed by atoms with Crippen LogP contribution in [-0.2, 0) is 18.8 Å². The third-order valence-electron chi connectivity index (χ3n) is 2.12. The highest BCUT2D eigenvalue weighted by atomic mass is 32.3. The fourth-order valence-corrected chi connectivity index (χ4v) is 2.70. The van der Waals surface area contributed by atoms with E-state index in [9.17, 15) is 8.42 Å². The molecule has 5 heteroatoms. The molecule has 0 spiro atoms. The lowest BCUT2D eigenvalue weighted by Gasteiger charge is -2.19. The third-order valence-corrected chi connectivity index (χ3v) is 3.09. The molecule has 2 unspecified atom stereocenters. The van der Waals surface area contributed by atoms with Crippen LogP contribution in [0.25, 0.3) is 0 Å². The summed E-state index contributed by atoms with van der Waals surface area (Å²) in [7, 11) is -3.63. The molecule has 2 rings (SSSR count). The fourth-order valence-electron chi connectivity index (χ4n) is 1.61. The van der Waals surface area contributed by atoms with E-state index in [0.717, 1.165) is 25.7 Å². The van der Waals surface area contributed by atoms with E-state index in [1.165, 1.54) is 0 Å². The standard InChI is InChI=1S/C6H10O4S/c7-11(8)9-5-3-1-2-4-6(5)10-11/h5-6H,1-4H2. The Labute approximate surface area is 65.8 Å². The molecule has 0 bridgehead atoms. The SMILES string of the molecule is O=S1(=O)OC2CCCCC2O1. The minimum atomic E-state index is -3.63. The summed E-state index contributed by atoms with van der Waals surface area (Å²) in [6, 6.07) is 0. The molecule has 1 aliphatic heterocycles. The van der Waals surface area contributed by atoms with E-state index in [1.54, 1.807) is 0 Å². The fraction of sp³-hybridized carbons (Fsp3) is 1.00. The van der Waals surface area contributed by atoms with Gasteiger partial charge in [0, 0.05) is 0 Å². The molecule has 2 atom stereocenters. The minimum absolute atomic E-state index is 0.200. The Balaban J connectivity index is 2.15. The van der Waals surface area contributed by atoms with E-state index < -0.39 is 10.4 Å². The summed E-state index contributed by atoms with van der Waals surface area (Å²) in [5.74, 6) is 0. The molecule has 2 fully saturated rings. The lowest BCUT2D eigenvalue weighted by Crippen LogP contribution is -2.25. The normalized spacial score (nSPS) is 41.8. The molecular weight excluding hydrogens is 168 g/mol. The van der Waals surface area contributed by atoms with E-state index in [2.05, 4.69) is 0 Å². The molecule has 0 radical (unpaired) electrons. The number of fused-ring (bicyclic) bond motifs is 1. The van der Waals surface area contributed by atoms with Gasteiger partial charge in [0.05, 0.1) is 0 Å². The zero-order valence-electron chi connectivity index (χ0n) is 6.02. The highest BCUT2D eigenvalue weighted by molar-refractivity contribution is 7.82. The van der Waals surface area contributed by atoms with Crippen LogP contribution in [0.5, 0.6) is 0 Å². The van der Waals surface area contributed by atoms with Gasteiger partial charge in [-0.25, -0.2) is 8.37 Å². The average molecular weight is 178 g/mol. The van der Waals surface area contributed by atoms with Crippen LogP contribution in [0, 0.1) is 0 Å². The summed E-state index contributed by atoms with van der Waals surface area (Å²) in [4.78, 5) is 0. The van der Waals surface area contributed by atoms with E-state index in [0.29, 0.717) is 0 Å². The average Bonchev–Trinajstić information content (AvgIpc) is 2.21. The van der Waals surface area contributed by atoms with Crippen LogP contribution in [-0.4, -0.2) is 20.6 Å². The van der Waals surface area contributed by atoms with Gasteiger partial charge in [-0.05, 0) is 12.8 Å². The first kappa shape index (κ1) is 7.52. The van der Waals surface area contributed by atoms with Crippen LogP contribution in [0.2, 0.25) is 0 Å². The third kappa shape index (κ3) is 1.40. The molecule has 1 heterocycles. The van der Waals surface area contributed by atoms with Gasteiger partial charge in [0.15, 0.2) is 0 Å².